The van der Waals surface area contributed by atoms with Gasteiger partial charge in [-0.15, -0.1) is 0 Å². The second-order valence-electron chi connectivity index (χ2n) is 3.33. The molecule has 0 aliphatic heterocycles. The third kappa shape index (κ3) is 3.17. The van der Waals surface area contributed by atoms with Crippen LogP contribution in [0, 0.1) is 5.82 Å². The molecule has 0 aromatic heterocycles. The first-order valence-corrected chi connectivity index (χ1v) is 5.07. The van der Waals surface area contributed by atoms with Crippen LogP contribution in [0.4, 0.5) is 4.39 Å². The molecule has 0 spiro atoms. The number of allylic oxidation sites excluding steroid dienone is 1. The topological polar surface area (TPSA) is 17.1 Å². The standard InChI is InChI=1S/C12H12ClFO/c1-3-8(2)6-12(15)9-4-5-11(14)10(13)7-9/h4-5,7H,2-3,6H2,1H3. The predicted octanol–water partition coefficient (Wildman–Crippen LogP) is 4.02. The summed E-state index contributed by atoms with van der Waals surface area (Å²) in [4.78, 5) is 11.6. The first-order chi connectivity index (χ1) is 7.04. The zero-order chi connectivity index (χ0) is 11.4. The molecule has 0 atom stereocenters. The van der Waals surface area contributed by atoms with E-state index >= 15 is 0 Å². The van der Waals surface area contributed by atoms with E-state index in [1.807, 2.05) is 6.92 Å². The van der Waals surface area contributed by atoms with Crippen LogP contribution in [0.5, 0.6) is 0 Å². The van der Waals surface area contributed by atoms with Crippen LogP contribution in [0.25, 0.3) is 0 Å². The third-order valence-corrected chi connectivity index (χ3v) is 2.44. The van der Waals surface area contributed by atoms with Gasteiger partial charge in [-0.25, -0.2) is 4.39 Å². The van der Waals surface area contributed by atoms with E-state index in [-0.39, 0.29) is 10.8 Å². The number of carbonyl (C=O) groups excluding carboxylic acids is 1. The van der Waals surface area contributed by atoms with Crippen molar-refractivity contribution in [1.82, 2.24) is 0 Å². The molecular formula is C12H12ClFO. The summed E-state index contributed by atoms with van der Waals surface area (Å²) < 4.78 is 12.8. The maximum atomic E-state index is 12.8. The number of hydrogen-bond acceptors (Lipinski definition) is 1. The zero-order valence-electron chi connectivity index (χ0n) is 8.52. The Hall–Kier alpha value is -1.15. The van der Waals surface area contributed by atoms with Crippen LogP contribution >= 0.6 is 11.6 Å². The molecule has 0 bridgehead atoms. The molecule has 0 saturated carbocycles. The van der Waals surface area contributed by atoms with E-state index < -0.39 is 5.82 Å². The van der Waals surface area contributed by atoms with Crippen molar-refractivity contribution in [1.29, 1.82) is 0 Å². The number of carbonyl (C=O) groups is 1. The fourth-order valence-electron chi connectivity index (χ4n) is 1.12. The van der Waals surface area contributed by atoms with E-state index in [9.17, 15) is 9.18 Å². The lowest BCUT2D eigenvalue weighted by molar-refractivity contribution is 0.0992. The highest BCUT2D eigenvalue weighted by molar-refractivity contribution is 6.31. The van der Waals surface area contributed by atoms with E-state index in [4.69, 9.17) is 11.6 Å². The lowest BCUT2D eigenvalue weighted by atomic mass is 10.0. The highest BCUT2D eigenvalue weighted by atomic mass is 35.5. The average Bonchev–Trinajstić information content (AvgIpc) is 2.21. The minimum atomic E-state index is -0.512. The molecule has 0 fully saturated rings. The molecule has 0 N–H and O–H groups in total. The Balaban J connectivity index is 2.83. The predicted molar refractivity (Wildman–Crippen MR) is 59.8 cm³/mol. The molecule has 0 heterocycles. The van der Waals surface area contributed by atoms with Gasteiger partial charge in [0.25, 0.3) is 0 Å². The van der Waals surface area contributed by atoms with Crippen LogP contribution in [-0.4, -0.2) is 5.78 Å². The van der Waals surface area contributed by atoms with Gasteiger partial charge in [-0.05, 0) is 24.6 Å². The Morgan fingerprint density at radius 2 is 2.20 bits per heavy atom. The summed E-state index contributed by atoms with van der Waals surface area (Å²) in [7, 11) is 0. The summed E-state index contributed by atoms with van der Waals surface area (Å²) in [5, 5.41) is -0.0250. The number of hydrogen-bond donors (Lipinski definition) is 0. The summed E-state index contributed by atoms with van der Waals surface area (Å²) in [5.74, 6) is -0.591. The van der Waals surface area contributed by atoms with Crippen molar-refractivity contribution in [2.45, 2.75) is 19.8 Å². The quantitative estimate of drug-likeness (QED) is 0.560. The van der Waals surface area contributed by atoms with Crippen molar-refractivity contribution in [3.05, 3.63) is 46.8 Å². The lowest BCUT2D eigenvalue weighted by Gasteiger charge is -2.03. The van der Waals surface area contributed by atoms with Gasteiger partial charge in [0.2, 0.25) is 0 Å². The van der Waals surface area contributed by atoms with Crippen LogP contribution in [0.2, 0.25) is 5.02 Å². The van der Waals surface area contributed by atoms with Crippen LogP contribution < -0.4 is 0 Å². The minimum Gasteiger partial charge on any atom is -0.294 e. The van der Waals surface area contributed by atoms with Crippen LogP contribution in [0.3, 0.4) is 0 Å². The Labute approximate surface area is 93.6 Å². The summed E-state index contributed by atoms with van der Waals surface area (Å²) in [6.45, 7) is 5.69. The van der Waals surface area contributed by atoms with Crippen molar-refractivity contribution in [2.75, 3.05) is 0 Å². The maximum absolute atomic E-state index is 12.8. The molecule has 0 aliphatic rings. The van der Waals surface area contributed by atoms with Crippen LogP contribution in [-0.2, 0) is 0 Å². The van der Waals surface area contributed by atoms with Crippen molar-refractivity contribution >= 4 is 17.4 Å². The van der Waals surface area contributed by atoms with E-state index in [0.29, 0.717) is 12.0 Å². The monoisotopic (exact) mass is 226 g/mol. The molecular weight excluding hydrogens is 215 g/mol. The first-order valence-electron chi connectivity index (χ1n) is 4.69. The number of ketones is 1. The molecule has 15 heavy (non-hydrogen) atoms. The van der Waals surface area contributed by atoms with Gasteiger partial charge in [0.05, 0.1) is 5.02 Å². The fourth-order valence-corrected chi connectivity index (χ4v) is 1.30. The Morgan fingerprint density at radius 1 is 1.53 bits per heavy atom. The Bertz CT molecular complexity index is 399. The summed E-state index contributed by atoms with van der Waals surface area (Å²) in [5.41, 5.74) is 1.29. The van der Waals surface area contributed by atoms with Gasteiger partial charge < -0.3 is 0 Å². The van der Waals surface area contributed by atoms with Crippen LogP contribution in [0.1, 0.15) is 30.1 Å². The minimum absolute atomic E-state index is 0.0250. The molecule has 1 aromatic rings. The van der Waals surface area contributed by atoms with Gasteiger partial charge in [0, 0.05) is 12.0 Å². The molecule has 0 unspecified atom stereocenters. The molecule has 1 aromatic carbocycles. The van der Waals surface area contributed by atoms with Gasteiger partial charge in [-0.1, -0.05) is 30.7 Å². The molecule has 0 radical (unpaired) electrons. The summed E-state index contributed by atoms with van der Waals surface area (Å²) in [6.07, 6.45) is 1.05. The average molecular weight is 227 g/mol. The van der Waals surface area contributed by atoms with Gasteiger partial charge in [-0.3, -0.25) is 4.79 Å². The molecule has 80 valence electrons. The van der Waals surface area contributed by atoms with Crippen molar-refractivity contribution in [2.24, 2.45) is 0 Å². The van der Waals surface area contributed by atoms with E-state index in [2.05, 4.69) is 6.58 Å². The van der Waals surface area contributed by atoms with Gasteiger partial charge in [0.15, 0.2) is 5.78 Å². The molecule has 0 saturated heterocycles. The number of halogens is 2. The van der Waals surface area contributed by atoms with Crippen LogP contribution in [0.15, 0.2) is 30.4 Å². The SMILES string of the molecule is C=C(CC)CC(=O)c1ccc(F)c(Cl)c1. The molecule has 3 heteroatoms. The molecule has 1 rings (SSSR count). The summed E-state index contributed by atoms with van der Waals surface area (Å²) in [6, 6.07) is 3.99. The van der Waals surface area contributed by atoms with Gasteiger partial charge in [-0.2, -0.15) is 0 Å². The maximum Gasteiger partial charge on any atom is 0.166 e. The Morgan fingerprint density at radius 3 is 2.73 bits per heavy atom. The molecule has 0 amide bonds. The molecule has 0 aliphatic carbocycles. The smallest absolute Gasteiger partial charge is 0.166 e. The molecule has 1 nitrogen and oxygen atoms in total. The third-order valence-electron chi connectivity index (χ3n) is 2.15. The lowest BCUT2D eigenvalue weighted by Crippen LogP contribution is -2.00. The van der Waals surface area contributed by atoms with E-state index in [1.165, 1.54) is 18.2 Å². The number of Topliss-reactive ketones (excluding diaryl/α,β-unsaturated/α-hetero) is 1. The largest absolute Gasteiger partial charge is 0.294 e. The summed E-state index contributed by atoms with van der Waals surface area (Å²) >= 11 is 5.58. The number of benzene rings is 1. The highest BCUT2D eigenvalue weighted by Crippen LogP contribution is 2.18. The highest BCUT2D eigenvalue weighted by Gasteiger charge is 2.09. The van der Waals surface area contributed by atoms with Crippen molar-refractivity contribution in [3.8, 4) is 0 Å². The normalized spacial score (nSPS) is 10.1. The van der Waals surface area contributed by atoms with Crippen molar-refractivity contribution in [3.63, 3.8) is 0 Å². The van der Waals surface area contributed by atoms with Gasteiger partial charge >= 0.3 is 0 Å². The van der Waals surface area contributed by atoms with E-state index in [0.717, 1.165) is 12.0 Å². The first kappa shape index (κ1) is 11.9. The number of rotatable bonds is 4. The van der Waals surface area contributed by atoms with Crippen molar-refractivity contribution < 1.29 is 9.18 Å². The second kappa shape index (κ2) is 5.08. The second-order valence-corrected chi connectivity index (χ2v) is 3.74. The fraction of sp³-hybridized carbons (Fsp3) is 0.250. The van der Waals surface area contributed by atoms with Gasteiger partial charge in [0.1, 0.15) is 5.82 Å². The van der Waals surface area contributed by atoms with E-state index in [1.54, 1.807) is 0 Å². The Kier molecular flexibility index (Phi) is 4.04. The zero-order valence-corrected chi connectivity index (χ0v) is 9.27.